The maximum absolute atomic E-state index is 3.22. The van der Waals surface area contributed by atoms with E-state index in [0.717, 1.165) is 22.3 Å². The van der Waals surface area contributed by atoms with Crippen molar-refractivity contribution in [1.29, 1.82) is 0 Å². The molecule has 0 N–H and O–H groups in total. The van der Waals surface area contributed by atoms with E-state index in [4.69, 9.17) is 0 Å². The molecule has 1 nitrogen and oxygen atoms in total. The van der Waals surface area contributed by atoms with Crippen LogP contribution in [0.1, 0.15) is 177 Å². The Balaban J connectivity index is -0.00000000905. The molecule has 0 saturated heterocycles. The van der Waals surface area contributed by atoms with Gasteiger partial charge in [0.1, 0.15) is 0 Å². The van der Waals surface area contributed by atoms with Gasteiger partial charge in [0.2, 0.25) is 0 Å². The zero-order valence-electron chi connectivity index (χ0n) is 93.6. The topological polar surface area (TPSA) is 4.93 Å². The quantitative estimate of drug-likeness (QED) is 0.152. The average molecular weight is 6660 g/mol. The summed E-state index contributed by atoms with van der Waals surface area (Å²) in [5.74, 6) is 0. The summed E-state index contributed by atoms with van der Waals surface area (Å²) in [6, 6.07) is 91.7. The predicted molar refractivity (Wildman–Crippen MR) is 390 cm³/mol. The van der Waals surface area contributed by atoms with Gasteiger partial charge in [-0.3, -0.25) is 0 Å². The van der Waals surface area contributed by atoms with Crippen LogP contribution in [0.3, 0.4) is 0 Å². The molecular formula is C85H109NY62-4. The Kier molecular flexibility index (Phi) is 903. The molecule has 1 heterocycles. The monoisotopic (exact) mass is 6660 g/mol. The van der Waals surface area contributed by atoms with Crippen LogP contribution >= 0.6 is 0 Å². The van der Waals surface area contributed by atoms with Crippen LogP contribution in [0, 0.1) is 45.0 Å². The first-order valence-electron chi connectivity index (χ1n) is 32.7. The number of aromatic nitrogens is 1. The minimum absolute atomic E-state index is 0. The predicted octanol–water partition coefficient (Wildman–Crippen LogP) is 26.3. The van der Waals surface area contributed by atoms with Crippen molar-refractivity contribution in [1.82, 2.24) is 4.57 Å². The van der Waals surface area contributed by atoms with Gasteiger partial charge in [-0.2, -0.15) is 90.5 Å². The smallest absolute Gasteiger partial charge is 0.0725 e. The Morgan fingerprint density at radius 2 is 0.378 bits per heavy atom. The van der Waals surface area contributed by atoms with E-state index in [-0.39, 0.29) is 2030 Å². The molecule has 62 radical (unpaired) electrons. The van der Waals surface area contributed by atoms with Gasteiger partial charge in [0.15, 0.2) is 0 Å². The number of hydrogen-bond acceptors (Lipinski definition) is 0. The normalized spacial score (nSPS) is 5.78. The van der Waals surface area contributed by atoms with Crippen LogP contribution in [0.15, 0.2) is 224 Å². The molecule has 11 aromatic rings. The Labute approximate surface area is 2470 Å². The van der Waals surface area contributed by atoms with E-state index >= 15 is 0 Å². The molecule has 0 bridgehead atoms. The minimum Gasteiger partial charge on any atom is -0.344 e. The van der Waals surface area contributed by atoms with Crippen LogP contribution < -0.4 is 0 Å². The maximum Gasteiger partial charge on any atom is 0.0725 e. The molecule has 0 fully saturated rings. The fourth-order valence-electron chi connectivity index (χ4n) is 9.98. The number of benzene rings is 10. The standard InChI is InChI=1S/C26H18.C13H11N.2C13H10.10C2H6.62Y/c1-17-14-15-21-20-10-4-7-13-24(20)26(25(21)16-17)22-11-5-2-8-18(22)19-9-3-6-12-23(19)26;1-14-12-8-4-2-6-10(12)11-7-3-5-9-13(11)14;1-11-7-5-6-10-13(11)12-8-3-2-4-9-12;1-11-6-5-9-13(10-11)12-7-3-2-4-8-12;10*1-2;;;;;;;;;;;;;;;;;;;;;;;;;;;;;;;;;;;;;;;;;;;;;;;;;;;;;;;;;;;;;;/h2-16H,1H3;2-9H,1H3;2-8H,1H3;2-7,10H,1H3;10*1-2H3;;;;;;;;;;;;;;;;;;;;;;;;;;;;;;;;;;;;;;;;;;;;;;;;;;;;;;;;;;;;;;/q;;2*-2;;;;;;;;;;;;;;;;;;;;;;;;;;;;;;;;;;;;;;;;;;;;;;;;;;;;;;;;;;;;;;;;;;;;;;;;. The second-order valence-electron chi connectivity index (χ2n) is 17.1. The van der Waals surface area contributed by atoms with Crippen LogP contribution in [-0.2, 0) is 2040 Å². The Bertz CT molecular complexity index is 3490. The van der Waals surface area contributed by atoms with Gasteiger partial charge in [0, 0.05) is 2060 Å². The number of hydrogen-bond donors (Lipinski definition) is 0. The van der Waals surface area contributed by atoms with Gasteiger partial charge < -0.3 is 4.57 Å². The number of nitrogens with zero attached hydrogens (tertiary/aromatic N) is 1. The average Bonchev–Trinajstić information content (AvgIpc) is 1.51. The largest absolute Gasteiger partial charge is 0.344 e. The number of aryl methyl sites for hydroxylation is 4. The van der Waals surface area contributed by atoms with Crippen LogP contribution in [0.25, 0.3) is 66.3 Å². The van der Waals surface area contributed by atoms with Gasteiger partial charge in [-0.25, -0.2) is 22.3 Å². The zero-order chi connectivity index (χ0) is 65.0. The fourth-order valence-corrected chi connectivity index (χ4v) is 9.98. The van der Waals surface area contributed by atoms with Crippen molar-refractivity contribution < 1.29 is 2030 Å². The van der Waals surface area contributed by atoms with Crippen LogP contribution in [0.4, 0.5) is 0 Å². The van der Waals surface area contributed by atoms with E-state index in [1.165, 1.54) is 83.0 Å². The van der Waals surface area contributed by atoms with E-state index < -0.39 is 0 Å². The number of fused-ring (bicyclic) bond motifs is 13. The Hall–Kier alpha value is 60.4. The summed E-state index contributed by atoms with van der Waals surface area (Å²) in [5, 5.41) is 2.68. The molecule has 2 aliphatic carbocycles. The zero-order valence-corrected chi connectivity index (χ0v) is 270. The van der Waals surface area contributed by atoms with E-state index in [1.54, 1.807) is 0 Å². The molecule has 63 heteroatoms. The van der Waals surface area contributed by atoms with Crippen molar-refractivity contribution in [3.63, 3.8) is 0 Å². The molecule has 1 aromatic heterocycles. The molecule has 0 saturated carbocycles. The third kappa shape index (κ3) is 184. The SMILES string of the molecule is CC.CC.CC.CC.CC.CC.CC.CC.CC.CC.Cc1cc[c-]c(-c2[c-]cccc2)c1.Cc1ccc2c(c1)C1(c3ccccc3-c3ccccc31)c1ccccc1-2.Cc1ccc[c-]c1-c1[c-]cccc1.Cn1c2ccccc2c2ccccc21.[Y].[Y].[Y].[Y].[Y].[Y].[Y].[Y].[Y].[Y].[Y].[Y].[Y].[Y].[Y].[Y].[Y].[Y].[Y].[Y].[Y].[Y].[Y].[Y].[Y].[Y].[Y].[Y].[Y].[Y].[Y].[Y].[Y].[Y].[Y].[Y].[Y].[Y].[Y].[Y].[Y].[Y].[Y].[Y].[Y].[Y].[Y].[Y].[Y].[Y].[Y].[Y].[Y].[Y].[Y].[Y].[Y].[Y].[Y].[Y].[Y].[Y]. The van der Waals surface area contributed by atoms with Gasteiger partial charge in [0.05, 0.1) is 5.41 Å². The molecule has 148 heavy (non-hydrogen) atoms. The summed E-state index contributed by atoms with van der Waals surface area (Å²) in [5.41, 5.74) is 21.8. The number of para-hydroxylation sites is 2. The van der Waals surface area contributed by atoms with Crippen molar-refractivity contribution in [2.24, 2.45) is 7.05 Å². The molecule has 0 aliphatic heterocycles. The summed E-state index contributed by atoms with van der Waals surface area (Å²) in [4.78, 5) is 0. The summed E-state index contributed by atoms with van der Waals surface area (Å²) in [6.45, 7) is 46.4. The third-order valence-electron chi connectivity index (χ3n) is 13.0. The van der Waals surface area contributed by atoms with E-state index in [1.807, 2.05) is 205 Å². The van der Waals surface area contributed by atoms with Crippen LogP contribution in [0.2, 0.25) is 0 Å². The maximum atomic E-state index is 3.22. The molecule has 0 atom stereocenters. The van der Waals surface area contributed by atoms with Crippen molar-refractivity contribution in [3.8, 4) is 44.5 Å². The first-order valence-corrected chi connectivity index (χ1v) is 32.7. The summed E-state index contributed by atoms with van der Waals surface area (Å²) in [7, 11) is 2.12. The van der Waals surface area contributed by atoms with Gasteiger partial charge >= 0.3 is 0 Å². The van der Waals surface area contributed by atoms with Gasteiger partial charge in [0.25, 0.3) is 0 Å². The molecule has 644 valence electrons. The van der Waals surface area contributed by atoms with Gasteiger partial charge in [-0.1, -0.05) is 285 Å². The molecule has 0 amide bonds. The third-order valence-corrected chi connectivity index (χ3v) is 13.0. The molecular weight excluding hydrogens is 6550 g/mol. The van der Waals surface area contributed by atoms with Crippen molar-refractivity contribution >= 4 is 21.8 Å². The molecule has 10 aromatic carbocycles. The number of rotatable bonds is 2. The summed E-state index contributed by atoms with van der Waals surface area (Å²) in [6.07, 6.45) is 0. The van der Waals surface area contributed by atoms with Crippen molar-refractivity contribution in [3.05, 3.63) is 288 Å². The summed E-state index contributed by atoms with van der Waals surface area (Å²) < 4.78 is 2.24. The van der Waals surface area contributed by atoms with Gasteiger partial charge in [-0.15, -0.1) is 29.8 Å². The second kappa shape index (κ2) is 315. The second-order valence-corrected chi connectivity index (χ2v) is 17.1. The molecule has 13 rings (SSSR count). The first-order chi connectivity index (χ1) is 42.4. The minimum atomic E-state index is -0.189. The van der Waals surface area contributed by atoms with Crippen LogP contribution in [-0.4, -0.2) is 4.57 Å². The van der Waals surface area contributed by atoms with Gasteiger partial charge in [-0.05, 0) is 63.6 Å². The Morgan fingerprint density at radius 3 is 0.622 bits per heavy atom. The summed E-state index contributed by atoms with van der Waals surface area (Å²) >= 11 is 0. The van der Waals surface area contributed by atoms with Crippen LogP contribution in [0.5, 0.6) is 0 Å². The van der Waals surface area contributed by atoms with E-state index in [9.17, 15) is 0 Å². The van der Waals surface area contributed by atoms with Crippen molar-refractivity contribution in [2.75, 3.05) is 0 Å². The molecule has 0 unspecified atom stereocenters. The molecule has 1 spiro atoms. The first kappa shape index (κ1) is 424. The Morgan fingerprint density at radius 1 is 0.169 bits per heavy atom. The van der Waals surface area contributed by atoms with E-state index in [0.29, 0.717) is 0 Å². The van der Waals surface area contributed by atoms with E-state index in [2.05, 4.69) is 214 Å². The van der Waals surface area contributed by atoms with Crippen molar-refractivity contribution in [2.45, 2.75) is 165 Å². The molecule has 2 aliphatic rings. The fraction of sp³-hybridized carbons (Fsp3) is 0.294.